The monoisotopic (exact) mass is 288 g/mol. The van der Waals surface area contributed by atoms with Crippen LogP contribution in [0.4, 0.5) is 14.5 Å². The van der Waals surface area contributed by atoms with Gasteiger partial charge in [-0.3, -0.25) is 4.79 Å². The Labute approximate surface area is 121 Å². The fraction of sp³-hybridized carbons (Fsp3) is 0.188. The van der Waals surface area contributed by atoms with E-state index in [4.69, 9.17) is 0 Å². The van der Waals surface area contributed by atoms with E-state index in [2.05, 4.69) is 10.6 Å². The number of anilines is 1. The summed E-state index contributed by atoms with van der Waals surface area (Å²) >= 11 is 0. The lowest BCUT2D eigenvalue weighted by Gasteiger charge is -2.20. The van der Waals surface area contributed by atoms with Crippen molar-refractivity contribution < 1.29 is 13.6 Å². The van der Waals surface area contributed by atoms with Crippen LogP contribution in [0.2, 0.25) is 0 Å². The normalized spacial score (nSPS) is 13.6. The van der Waals surface area contributed by atoms with Gasteiger partial charge >= 0.3 is 0 Å². The first-order valence-electron chi connectivity index (χ1n) is 6.73. The second-order valence-corrected chi connectivity index (χ2v) is 4.95. The highest BCUT2D eigenvalue weighted by Crippen LogP contribution is 2.23. The Kier molecular flexibility index (Phi) is 3.66. The summed E-state index contributed by atoms with van der Waals surface area (Å²) in [6.07, 6.45) is 0.907. The second-order valence-electron chi connectivity index (χ2n) is 4.95. The summed E-state index contributed by atoms with van der Waals surface area (Å²) < 4.78 is 26.1. The van der Waals surface area contributed by atoms with E-state index >= 15 is 0 Å². The van der Waals surface area contributed by atoms with E-state index in [1.807, 2.05) is 18.2 Å². The number of nitrogens with one attached hydrogen (secondary N) is 2. The third-order valence-corrected chi connectivity index (χ3v) is 3.58. The average Bonchev–Trinajstić information content (AvgIpc) is 2.50. The summed E-state index contributed by atoms with van der Waals surface area (Å²) in [4.78, 5) is 12.1. The van der Waals surface area contributed by atoms with Crippen molar-refractivity contribution in [2.75, 3.05) is 11.9 Å². The van der Waals surface area contributed by atoms with E-state index in [9.17, 15) is 13.6 Å². The van der Waals surface area contributed by atoms with Crippen LogP contribution in [0, 0.1) is 11.6 Å². The molecule has 0 saturated heterocycles. The van der Waals surface area contributed by atoms with E-state index < -0.39 is 17.5 Å². The van der Waals surface area contributed by atoms with Gasteiger partial charge in [0.25, 0.3) is 5.91 Å². The van der Waals surface area contributed by atoms with Gasteiger partial charge < -0.3 is 10.6 Å². The van der Waals surface area contributed by atoms with Gasteiger partial charge in [0.1, 0.15) is 0 Å². The van der Waals surface area contributed by atoms with Crippen molar-refractivity contribution in [1.82, 2.24) is 5.32 Å². The molecule has 2 N–H and O–H groups in total. The Morgan fingerprint density at radius 1 is 1.14 bits per heavy atom. The number of rotatable bonds is 2. The van der Waals surface area contributed by atoms with Crippen LogP contribution in [0.5, 0.6) is 0 Å². The molecule has 0 atom stereocenters. The van der Waals surface area contributed by atoms with Crippen LogP contribution >= 0.6 is 0 Å². The molecule has 0 bridgehead atoms. The highest BCUT2D eigenvalue weighted by molar-refractivity contribution is 6.04. The lowest BCUT2D eigenvalue weighted by molar-refractivity contribution is 0.102. The molecule has 21 heavy (non-hydrogen) atoms. The van der Waals surface area contributed by atoms with Crippen molar-refractivity contribution in [3.05, 3.63) is 64.7 Å². The lowest BCUT2D eigenvalue weighted by atomic mass is 9.99. The number of fused-ring (bicyclic) bond motifs is 1. The number of halogens is 2. The maximum absolute atomic E-state index is 13.2. The van der Waals surface area contributed by atoms with Crippen LogP contribution in [-0.4, -0.2) is 12.5 Å². The van der Waals surface area contributed by atoms with Crippen molar-refractivity contribution in [1.29, 1.82) is 0 Å². The smallest absolute Gasteiger partial charge is 0.255 e. The largest absolute Gasteiger partial charge is 0.322 e. The molecule has 3 nitrogen and oxygen atoms in total. The minimum Gasteiger partial charge on any atom is -0.322 e. The summed E-state index contributed by atoms with van der Waals surface area (Å²) in [5.41, 5.74) is 3.03. The van der Waals surface area contributed by atoms with Crippen LogP contribution in [0.15, 0.2) is 36.4 Å². The molecule has 3 rings (SSSR count). The predicted molar refractivity (Wildman–Crippen MR) is 76.2 cm³/mol. The molecule has 0 spiro atoms. The molecule has 1 aliphatic heterocycles. The molecule has 1 heterocycles. The van der Waals surface area contributed by atoms with E-state index in [0.717, 1.165) is 30.7 Å². The van der Waals surface area contributed by atoms with Crippen LogP contribution in [0.3, 0.4) is 0 Å². The Bertz CT molecular complexity index is 701. The van der Waals surface area contributed by atoms with Crippen LogP contribution in [0.1, 0.15) is 21.5 Å². The molecule has 0 aliphatic carbocycles. The minimum atomic E-state index is -1.03. The molecule has 0 unspecified atom stereocenters. The van der Waals surface area contributed by atoms with E-state index in [1.54, 1.807) is 0 Å². The van der Waals surface area contributed by atoms with E-state index in [-0.39, 0.29) is 5.56 Å². The molecule has 0 aromatic heterocycles. The molecule has 0 radical (unpaired) electrons. The van der Waals surface area contributed by atoms with Gasteiger partial charge in [0.15, 0.2) is 11.6 Å². The van der Waals surface area contributed by atoms with Crippen molar-refractivity contribution in [3.8, 4) is 0 Å². The molecular weight excluding hydrogens is 274 g/mol. The second kappa shape index (κ2) is 5.61. The summed E-state index contributed by atoms with van der Waals surface area (Å²) in [6.45, 7) is 1.59. The minimum absolute atomic E-state index is 0.0928. The zero-order valence-electron chi connectivity index (χ0n) is 11.2. The number of hydrogen-bond acceptors (Lipinski definition) is 2. The molecule has 1 aliphatic rings. The number of carbonyl (C=O) groups is 1. The van der Waals surface area contributed by atoms with Crippen LogP contribution in [0.25, 0.3) is 0 Å². The van der Waals surface area contributed by atoms with Gasteiger partial charge in [0.2, 0.25) is 0 Å². The Morgan fingerprint density at radius 2 is 2.00 bits per heavy atom. The fourth-order valence-electron chi connectivity index (χ4n) is 2.46. The van der Waals surface area contributed by atoms with Crippen LogP contribution < -0.4 is 10.6 Å². The first-order chi connectivity index (χ1) is 10.1. The highest BCUT2D eigenvalue weighted by Gasteiger charge is 2.15. The Morgan fingerprint density at radius 3 is 2.81 bits per heavy atom. The van der Waals surface area contributed by atoms with Gasteiger partial charge in [-0.1, -0.05) is 12.1 Å². The summed E-state index contributed by atoms with van der Waals surface area (Å²) in [5.74, 6) is -2.44. The molecular formula is C16H14F2N2O. The third-order valence-electron chi connectivity index (χ3n) is 3.58. The third kappa shape index (κ3) is 2.78. The standard InChI is InChI=1S/C16H14F2N2O/c17-13-5-4-11(8-14(13)18)16(21)20-15-3-1-2-10-6-7-19-9-12(10)15/h1-5,8,19H,6-7,9H2,(H,20,21). The molecule has 0 fully saturated rings. The zero-order valence-corrected chi connectivity index (χ0v) is 11.2. The molecule has 1 amide bonds. The molecule has 2 aromatic rings. The maximum atomic E-state index is 13.2. The first-order valence-corrected chi connectivity index (χ1v) is 6.73. The van der Waals surface area contributed by atoms with Crippen molar-refractivity contribution in [2.45, 2.75) is 13.0 Å². The van der Waals surface area contributed by atoms with Crippen LogP contribution in [-0.2, 0) is 13.0 Å². The van der Waals surface area contributed by atoms with Gasteiger partial charge in [-0.15, -0.1) is 0 Å². The number of hydrogen-bond donors (Lipinski definition) is 2. The van der Waals surface area contributed by atoms with Gasteiger partial charge in [-0.2, -0.15) is 0 Å². The van der Waals surface area contributed by atoms with Crippen molar-refractivity contribution >= 4 is 11.6 Å². The summed E-state index contributed by atoms with van der Waals surface area (Å²) in [7, 11) is 0. The topological polar surface area (TPSA) is 41.1 Å². The number of carbonyl (C=O) groups excluding carboxylic acids is 1. The Balaban J connectivity index is 1.86. The molecule has 2 aromatic carbocycles. The summed E-state index contributed by atoms with van der Waals surface area (Å²) in [5, 5.41) is 6.02. The molecule has 0 saturated carbocycles. The highest BCUT2D eigenvalue weighted by atomic mass is 19.2. The summed E-state index contributed by atoms with van der Waals surface area (Å²) in [6, 6.07) is 8.84. The average molecular weight is 288 g/mol. The quantitative estimate of drug-likeness (QED) is 0.892. The van der Waals surface area contributed by atoms with Gasteiger partial charge in [0.05, 0.1) is 0 Å². The van der Waals surface area contributed by atoms with Crippen molar-refractivity contribution in [3.63, 3.8) is 0 Å². The SMILES string of the molecule is O=C(Nc1cccc2c1CNCC2)c1ccc(F)c(F)c1. The van der Waals surface area contributed by atoms with Gasteiger partial charge in [-0.25, -0.2) is 8.78 Å². The predicted octanol–water partition coefficient (Wildman–Crippen LogP) is 2.86. The maximum Gasteiger partial charge on any atom is 0.255 e. The first kappa shape index (κ1) is 13.7. The van der Waals surface area contributed by atoms with E-state index in [0.29, 0.717) is 12.2 Å². The van der Waals surface area contributed by atoms with Crippen molar-refractivity contribution in [2.24, 2.45) is 0 Å². The fourth-order valence-corrected chi connectivity index (χ4v) is 2.46. The molecule has 5 heteroatoms. The zero-order chi connectivity index (χ0) is 14.8. The molecule has 108 valence electrons. The van der Waals surface area contributed by atoms with E-state index in [1.165, 1.54) is 11.6 Å². The van der Waals surface area contributed by atoms with Gasteiger partial charge in [-0.05, 0) is 48.4 Å². The Hall–Kier alpha value is -2.27. The number of benzene rings is 2. The van der Waals surface area contributed by atoms with Gasteiger partial charge in [0, 0.05) is 17.8 Å². The number of amides is 1. The lowest BCUT2D eigenvalue weighted by Crippen LogP contribution is -2.25.